The number of nitrogens with one attached hydrogen (secondary N) is 1. The fourth-order valence-corrected chi connectivity index (χ4v) is 5.56. The van der Waals surface area contributed by atoms with Gasteiger partial charge in [-0.15, -0.1) is 0 Å². The lowest BCUT2D eigenvalue weighted by atomic mass is 9.84. The van der Waals surface area contributed by atoms with Crippen molar-refractivity contribution in [2.45, 2.75) is 43.6 Å². The van der Waals surface area contributed by atoms with E-state index in [1.165, 1.54) is 53.5 Å². The molecule has 0 radical (unpaired) electrons. The first-order chi connectivity index (χ1) is 16.2. The zero-order chi connectivity index (χ0) is 22.4. The van der Waals surface area contributed by atoms with Gasteiger partial charge in [0.2, 0.25) is 0 Å². The van der Waals surface area contributed by atoms with Crippen LogP contribution in [0.1, 0.15) is 65.9 Å². The monoisotopic (exact) mass is 475 g/mol. The summed E-state index contributed by atoms with van der Waals surface area (Å²) in [6, 6.07) is 23.9. The van der Waals surface area contributed by atoms with Gasteiger partial charge in [0.15, 0.2) is 0 Å². The maximum absolute atomic E-state index is 6.22. The van der Waals surface area contributed by atoms with Crippen LogP contribution in [0.25, 0.3) is 10.9 Å². The van der Waals surface area contributed by atoms with E-state index in [-0.39, 0.29) is 5.92 Å². The van der Waals surface area contributed by atoms with Crippen LogP contribution in [-0.4, -0.2) is 22.9 Å². The van der Waals surface area contributed by atoms with Gasteiger partial charge in [-0.2, -0.15) is 5.10 Å². The van der Waals surface area contributed by atoms with Gasteiger partial charge < -0.3 is 5.32 Å². The highest BCUT2D eigenvalue weighted by atomic mass is 35.5. The molecule has 2 fully saturated rings. The average Bonchev–Trinajstić information content (AvgIpc) is 3.62. The molecule has 1 saturated heterocycles. The predicted octanol–water partition coefficient (Wildman–Crippen LogP) is 7.33. The van der Waals surface area contributed by atoms with Crippen molar-refractivity contribution in [1.29, 1.82) is 0 Å². The van der Waals surface area contributed by atoms with Gasteiger partial charge >= 0.3 is 0 Å². The summed E-state index contributed by atoms with van der Waals surface area (Å²) in [6.07, 6.45) is 4.85. The molecule has 2 heterocycles. The third-order valence-electron chi connectivity index (χ3n) is 7.12. The summed E-state index contributed by atoms with van der Waals surface area (Å²) < 4.78 is 2.37. The average molecular weight is 476 g/mol. The molecule has 1 aliphatic carbocycles. The molecule has 1 N–H and O–H groups in total. The van der Waals surface area contributed by atoms with Crippen molar-refractivity contribution in [2.75, 3.05) is 13.1 Å². The molecule has 1 saturated carbocycles. The maximum Gasteiger partial charge on any atom is 0.0926 e. The van der Waals surface area contributed by atoms with E-state index in [1.54, 1.807) is 0 Å². The molecule has 168 valence electrons. The highest BCUT2D eigenvalue weighted by Gasteiger charge is 2.32. The van der Waals surface area contributed by atoms with Crippen LogP contribution in [0.2, 0.25) is 10.0 Å². The molecule has 0 spiro atoms. The van der Waals surface area contributed by atoms with Crippen molar-refractivity contribution in [3.8, 4) is 0 Å². The second kappa shape index (κ2) is 8.79. The Labute approximate surface area is 204 Å². The Bertz CT molecular complexity index is 1220. The van der Waals surface area contributed by atoms with E-state index in [0.29, 0.717) is 12.0 Å². The lowest BCUT2D eigenvalue weighted by Crippen LogP contribution is -2.27. The first kappa shape index (κ1) is 21.2. The summed E-state index contributed by atoms with van der Waals surface area (Å²) in [4.78, 5) is 0. The molecule has 1 aliphatic heterocycles. The van der Waals surface area contributed by atoms with Crippen molar-refractivity contribution >= 4 is 34.1 Å². The molecule has 0 bridgehead atoms. The summed E-state index contributed by atoms with van der Waals surface area (Å²) >= 11 is 12.4. The van der Waals surface area contributed by atoms with Gasteiger partial charge in [0.25, 0.3) is 0 Å². The van der Waals surface area contributed by atoms with Gasteiger partial charge in [0.05, 0.1) is 11.6 Å². The molecule has 6 rings (SSSR count). The number of benzene rings is 3. The Kier molecular flexibility index (Phi) is 5.65. The highest BCUT2D eigenvalue weighted by Crippen LogP contribution is 2.43. The van der Waals surface area contributed by atoms with E-state index < -0.39 is 0 Å². The van der Waals surface area contributed by atoms with Crippen molar-refractivity contribution < 1.29 is 0 Å². The largest absolute Gasteiger partial charge is 0.317 e. The van der Waals surface area contributed by atoms with Crippen molar-refractivity contribution in [1.82, 2.24) is 15.1 Å². The normalized spacial score (nSPS) is 17.2. The Morgan fingerprint density at radius 3 is 1.91 bits per heavy atom. The van der Waals surface area contributed by atoms with Crippen LogP contribution in [0.3, 0.4) is 0 Å². The quantitative estimate of drug-likeness (QED) is 0.306. The topological polar surface area (TPSA) is 29.9 Å². The Morgan fingerprint density at radius 1 is 0.758 bits per heavy atom. The number of rotatable bonds is 5. The number of halogens is 2. The minimum Gasteiger partial charge on any atom is -0.317 e. The van der Waals surface area contributed by atoms with Gasteiger partial charge in [-0.05, 0) is 91.9 Å². The Morgan fingerprint density at radius 2 is 1.33 bits per heavy atom. The summed E-state index contributed by atoms with van der Waals surface area (Å²) in [6.45, 7) is 2.17. The van der Waals surface area contributed by atoms with Gasteiger partial charge in [0, 0.05) is 33.0 Å². The van der Waals surface area contributed by atoms with Crippen LogP contribution in [0.15, 0.2) is 66.7 Å². The molecule has 0 unspecified atom stereocenters. The third-order valence-corrected chi connectivity index (χ3v) is 7.62. The lowest BCUT2D eigenvalue weighted by molar-refractivity contribution is 0.433. The van der Waals surface area contributed by atoms with Crippen LogP contribution >= 0.6 is 23.2 Å². The number of hydrogen-bond acceptors (Lipinski definition) is 2. The zero-order valence-corrected chi connectivity index (χ0v) is 20.0. The number of fused-ring (bicyclic) bond motifs is 1. The lowest BCUT2D eigenvalue weighted by Gasteiger charge is -2.24. The van der Waals surface area contributed by atoms with Gasteiger partial charge in [-0.1, -0.05) is 53.5 Å². The number of piperidine rings is 1. The van der Waals surface area contributed by atoms with Crippen LogP contribution in [-0.2, 0) is 0 Å². The highest BCUT2D eigenvalue weighted by molar-refractivity contribution is 6.30. The number of hydrogen-bond donors (Lipinski definition) is 1. The fourth-order valence-electron chi connectivity index (χ4n) is 5.31. The maximum atomic E-state index is 6.22. The summed E-state index contributed by atoms with van der Waals surface area (Å²) in [7, 11) is 0. The van der Waals surface area contributed by atoms with E-state index in [4.69, 9.17) is 28.3 Å². The molecular weight excluding hydrogens is 449 g/mol. The molecule has 33 heavy (non-hydrogen) atoms. The van der Waals surface area contributed by atoms with Crippen molar-refractivity contribution in [2.24, 2.45) is 0 Å². The molecule has 5 heteroatoms. The molecule has 0 amide bonds. The molecule has 3 aromatic carbocycles. The number of aromatic nitrogens is 2. The molecular formula is C28H27Cl2N3. The Balaban J connectivity index is 1.51. The van der Waals surface area contributed by atoms with Crippen LogP contribution < -0.4 is 5.32 Å². The van der Waals surface area contributed by atoms with Gasteiger partial charge in [-0.25, -0.2) is 0 Å². The first-order valence-electron chi connectivity index (χ1n) is 11.9. The second-order valence-corrected chi connectivity index (χ2v) is 10.3. The van der Waals surface area contributed by atoms with E-state index in [0.717, 1.165) is 28.7 Å². The standard InChI is InChI=1S/C28H27Cl2N3/c29-22-6-1-18(2-7-22)27(19-3-8-23(30)9-4-19)21-5-12-26-25(17-21)28(20-13-15-31-16-14-20)33(32-26)24-10-11-24/h1-9,12,17,20,24,27,31H,10-11,13-16H2. The van der Waals surface area contributed by atoms with E-state index >= 15 is 0 Å². The minimum atomic E-state index is 0.106. The van der Waals surface area contributed by atoms with Crippen LogP contribution in [0.4, 0.5) is 0 Å². The first-order valence-corrected chi connectivity index (χ1v) is 12.7. The molecule has 2 aliphatic rings. The Hall–Kier alpha value is -2.33. The molecule has 1 aromatic heterocycles. The molecule has 0 atom stereocenters. The van der Waals surface area contributed by atoms with E-state index in [9.17, 15) is 0 Å². The number of nitrogens with zero attached hydrogens (tertiary/aromatic N) is 2. The SMILES string of the molecule is Clc1ccc(C(c2ccc(Cl)cc2)c2ccc3nn(C4CC4)c(C4CCNCC4)c3c2)cc1. The van der Waals surface area contributed by atoms with Crippen LogP contribution in [0.5, 0.6) is 0 Å². The second-order valence-electron chi connectivity index (χ2n) is 9.40. The van der Waals surface area contributed by atoms with Crippen LogP contribution in [0, 0.1) is 0 Å². The molecule has 4 aromatic rings. The van der Waals surface area contributed by atoms with Crippen molar-refractivity contribution in [3.63, 3.8) is 0 Å². The minimum absolute atomic E-state index is 0.106. The zero-order valence-electron chi connectivity index (χ0n) is 18.5. The molecule has 3 nitrogen and oxygen atoms in total. The summed E-state index contributed by atoms with van der Waals surface area (Å²) in [5.74, 6) is 0.672. The van der Waals surface area contributed by atoms with Crippen molar-refractivity contribution in [3.05, 3.63) is 99.2 Å². The van der Waals surface area contributed by atoms with Gasteiger partial charge in [-0.3, -0.25) is 4.68 Å². The smallest absolute Gasteiger partial charge is 0.0926 e. The summed E-state index contributed by atoms with van der Waals surface area (Å²) in [5.41, 5.74) is 6.28. The van der Waals surface area contributed by atoms with Gasteiger partial charge in [0.1, 0.15) is 0 Å². The van der Waals surface area contributed by atoms with E-state index in [2.05, 4.69) is 52.5 Å². The summed E-state index contributed by atoms with van der Waals surface area (Å²) in [5, 5.41) is 11.4. The fraction of sp³-hybridized carbons (Fsp3) is 0.321. The predicted molar refractivity (Wildman–Crippen MR) is 137 cm³/mol. The third kappa shape index (κ3) is 4.19. The van der Waals surface area contributed by atoms with E-state index in [1.807, 2.05) is 24.3 Å².